The monoisotopic (exact) mass is 421 g/mol. The topological polar surface area (TPSA) is 146 Å². The molecule has 0 saturated carbocycles. The van der Waals surface area contributed by atoms with Gasteiger partial charge in [0.05, 0.1) is 19.9 Å². The fourth-order valence-corrected chi connectivity index (χ4v) is 2.68. The van der Waals surface area contributed by atoms with E-state index in [4.69, 9.17) is 20.9 Å². The van der Waals surface area contributed by atoms with Gasteiger partial charge in [0.2, 0.25) is 5.95 Å². The zero-order valence-corrected chi connectivity index (χ0v) is 15.8. The molecule has 1 unspecified atom stereocenters. The van der Waals surface area contributed by atoms with Crippen LogP contribution < -0.4 is 20.9 Å². The van der Waals surface area contributed by atoms with E-state index in [1.807, 2.05) is 6.07 Å². The highest BCUT2D eigenvalue weighted by molar-refractivity contribution is 9.10. The van der Waals surface area contributed by atoms with Crippen LogP contribution in [0.2, 0.25) is 0 Å². The van der Waals surface area contributed by atoms with Crippen molar-refractivity contribution in [3.8, 4) is 28.8 Å². The standard InChI is InChI=1S/C16H16BrN5O4/c1-7(15(23)25-3)26-12-5-10(17)8(4-11(12)24-2)13-9(6-18)14(19)22-16(20)21-13/h4-5,7H,1-3H3,(H4,19,20,21,22). The van der Waals surface area contributed by atoms with Crippen molar-refractivity contribution in [2.24, 2.45) is 0 Å². The van der Waals surface area contributed by atoms with Crippen molar-refractivity contribution in [2.45, 2.75) is 13.0 Å². The second kappa shape index (κ2) is 7.88. The lowest BCUT2D eigenvalue weighted by Crippen LogP contribution is -2.25. The van der Waals surface area contributed by atoms with Crippen LogP contribution in [0.5, 0.6) is 11.5 Å². The molecule has 1 heterocycles. The summed E-state index contributed by atoms with van der Waals surface area (Å²) < 4.78 is 16.1. The molecule has 0 radical (unpaired) electrons. The average molecular weight is 422 g/mol. The van der Waals surface area contributed by atoms with E-state index in [0.717, 1.165) is 0 Å². The SMILES string of the molecule is COC(=O)C(C)Oc1cc(Br)c(-c2nc(N)nc(N)c2C#N)cc1OC. The highest BCUT2D eigenvalue weighted by atomic mass is 79.9. The number of nitriles is 1. The smallest absolute Gasteiger partial charge is 0.346 e. The maximum Gasteiger partial charge on any atom is 0.346 e. The number of esters is 1. The summed E-state index contributed by atoms with van der Waals surface area (Å²) in [5.74, 6) is -0.00832. The predicted molar refractivity (Wildman–Crippen MR) is 97.4 cm³/mol. The van der Waals surface area contributed by atoms with Gasteiger partial charge in [-0.05, 0) is 35.0 Å². The van der Waals surface area contributed by atoms with Gasteiger partial charge in [0.1, 0.15) is 17.5 Å². The number of nitrogens with zero attached hydrogens (tertiary/aromatic N) is 3. The molecule has 0 saturated heterocycles. The van der Waals surface area contributed by atoms with Crippen LogP contribution in [0, 0.1) is 11.3 Å². The summed E-state index contributed by atoms with van der Waals surface area (Å²) in [7, 11) is 2.71. The van der Waals surface area contributed by atoms with Crippen molar-refractivity contribution in [2.75, 3.05) is 25.7 Å². The minimum Gasteiger partial charge on any atom is -0.493 e. The highest BCUT2D eigenvalue weighted by Crippen LogP contribution is 2.40. The van der Waals surface area contributed by atoms with Crippen LogP contribution in [-0.2, 0) is 9.53 Å². The Morgan fingerprint density at radius 2 is 1.96 bits per heavy atom. The predicted octanol–water partition coefficient (Wildman–Crippen LogP) is 1.89. The molecule has 26 heavy (non-hydrogen) atoms. The number of carbonyl (C=O) groups excluding carboxylic acids is 1. The third kappa shape index (κ3) is 3.78. The summed E-state index contributed by atoms with van der Waals surface area (Å²) in [4.78, 5) is 19.5. The molecule has 0 aliphatic heterocycles. The fraction of sp³-hybridized carbons (Fsp3) is 0.250. The molecular formula is C16H16BrN5O4. The summed E-state index contributed by atoms with van der Waals surface area (Å²) in [5.41, 5.74) is 12.2. The molecular weight excluding hydrogens is 406 g/mol. The Balaban J connectivity index is 2.58. The second-order valence-corrected chi connectivity index (χ2v) is 5.92. The first-order valence-corrected chi connectivity index (χ1v) is 8.07. The molecule has 136 valence electrons. The zero-order chi connectivity index (χ0) is 19.4. The van der Waals surface area contributed by atoms with Gasteiger partial charge in [-0.2, -0.15) is 10.2 Å². The first-order valence-electron chi connectivity index (χ1n) is 7.27. The van der Waals surface area contributed by atoms with Gasteiger partial charge in [-0.3, -0.25) is 0 Å². The number of aromatic nitrogens is 2. The number of halogens is 1. The largest absolute Gasteiger partial charge is 0.493 e. The summed E-state index contributed by atoms with van der Waals surface area (Å²) in [5, 5.41) is 9.36. The Labute approximate surface area is 158 Å². The van der Waals surface area contributed by atoms with E-state index in [1.165, 1.54) is 14.2 Å². The molecule has 9 nitrogen and oxygen atoms in total. The van der Waals surface area contributed by atoms with Crippen molar-refractivity contribution in [1.29, 1.82) is 5.26 Å². The van der Waals surface area contributed by atoms with Gasteiger partial charge in [0.25, 0.3) is 0 Å². The van der Waals surface area contributed by atoms with Gasteiger partial charge in [0, 0.05) is 10.0 Å². The molecule has 10 heteroatoms. The number of benzene rings is 1. The fourth-order valence-electron chi connectivity index (χ4n) is 2.17. The van der Waals surface area contributed by atoms with Gasteiger partial charge in [0.15, 0.2) is 17.6 Å². The number of rotatable bonds is 5. The minimum absolute atomic E-state index is 0.0273. The second-order valence-electron chi connectivity index (χ2n) is 5.07. The molecule has 2 rings (SSSR count). The van der Waals surface area contributed by atoms with Gasteiger partial charge < -0.3 is 25.7 Å². The molecule has 0 aliphatic carbocycles. The first kappa shape index (κ1) is 19.3. The molecule has 1 atom stereocenters. The Hall–Kier alpha value is -3.06. The average Bonchev–Trinajstić information content (AvgIpc) is 2.60. The van der Waals surface area contributed by atoms with Crippen molar-refractivity contribution < 1.29 is 19.0 Å². The van der Waals surface area contributed by atoms with Crippen molar-refractivity contribution >= 4 is 33.7 Å². The van der Waals surface area contributed by atoms with Crippen LogP contribution in [0.1, 0.15) is 12.5 Å². The summed E-state index contributed by atoms with van der Waals surface area (Å²) in [6, 6.07) is 5.14. The number of carbonyl (C=O) groups is 1. The van der Waals surface area contributed by atoms with Gasteiger partial charge >= 0.3 is 5.97 Å². The van der Waals surface area contributed by atoms with E-state index in [9.17, 15) is 10.1 Å². The molecule has 2 aromatic rings. The van der Waals surface area contributed by atoms with E-state index in [0.29, 0.717) is 21.5 Å². The molecule has 1 aromatic heterocycles. The van der Waals surface area contributed by atoms with Gasteiger partial charge in [-0.15, -0.1) is 0 Å². The molecule has 1 aromatic carbocycles. The van der Waals surface area contributed by atoms with E-state index >= 15 is 0 Å². The first-order chi connectivity index (χ1) is 12.3. The number of hydrogen-bond acceptors (Lipinski definition) is 9. The van der Waals surface area contributed by atoms with Crippen molar-refractivity contribution in [3.63, 3.8) is 0 Å². The molecule has 0 aliphatic rings. The molecule has 0 amide bonds. The summed E-state index contributed by atoms with van der Waals surface area (Å²) in [6.07, 6.45) is -0.841. The lowest BCUT2D eigenvalue weighted by atomic mass is 10.1. The molecule has 0 fully saturated rings. The maximum absolute atomic E-state index is 11.6. The molecule has 0 spiro atoms. The van der Waals surface area contributed by atoms with Gasteiger partial charge in [-0.1, -0.05) is 0 Å². The third-order valence-electron chi connectivity index (χ3n) is 3.41. The summed E-state index contributed by atoms with van der Waals surface area (Å²) >= 11 is 3.40. The van der Waals surface area contributed by atoms with Crippen LogP contribution in [0.15, 0.2) is 16.6 Å². The quantitative estimate of drug-likeness (QED) is 0.690. The minimum atomic E-state index is -0.841. The van der Waals surface area contributed by atoms with Crippen molar-refractivity contribution in [1.82, 2.24) is 9.97 Å². The van der Waals surface area contributed by atoms with E-state index in [2.05, 4.69) is 30.6 Å². The molecule has 4 N–H and O–H groups in total. The normalized spacial score (nSPS) is 11.3. The van der Waals surface area contributed by atoms with Crippen LogP contribution in [-0.4, -0.2) is 36.3 Å². The van der Waals surface area contributed by atoms with E-state index in [-0.39, 0.29) is 23.0 Å². The Bertz CT molecular complexity index is 897. The Morgan fingerprint density at radius 3 is 2.54 bits per heavy atom. The lowest BCUT2D eigenvalue weighted by molar-refractivity contribution is -0.147. The Kier molecular flexibility index (Phi) is 5.84. The van der Waals surface area contributed by atoms with Crippen LogP contribution in [0.4, 0.5) is 11.8 Å². The summed E-state index contributed by atoms with van der Waals surface area (Å²) in [6.45, 7) is 1.55. The highest BCUT2D eigenvalue weighted by Gasteiger charge is 2.21. The van der Waals surface area contributed by atoms with Gasteiger partial charge in [-0.25, -0.2) is 9.78 Å². The number of methoxy groups -OCH3 is 2. The van der Waals surface area contributed by atoms with E-state index in [1.54, 1.807) is 19.1 Å². The van der Waals surface area contributed by atoms with Crippen LogP contribution in [0.3, 0.4) is 0 Å². The molecule has 0 bridgehead atoms. The zero-order valence-electron chi connectivity index (χ0n) is 14.2. The lowest BCUT2D eigenvalue weighted by Gasteiger charge is -2.17. The number of hydrogen-bond donors (Lipinski definition) is 2. The maximum atomic E-state index is 11.6. The third-order valence-corrected chi connectivity index (χ3v) is 4.07. The number of ether oxygens (including phenoxy) is 3. The number of nitrogens with two attached hydrogens (primary N) is 2. The van der Waals surface area contributed by atoms with E-state index < -0.39 is 12.1 Å². The Morgan fingerprint density at radius 1 is 1.27 bits per heavy atom. The van der Waals surface area contributed by atoms with Crippen molar-refractivity contribution in [3.05, 3.63) is 22.2 Å². The van der Waals surface area contributed by atoms with Crippen LogP contribution >= 0.6 is 15.9 Å². The number of anilines is 2. The van der Waals surface area contributed by atoms with Crippen LogP contribution in [0.25, 0.3) is 11.3 Å². The number of nitrogen functional groups attached to an aromatic ring is 2.